The fraction of sp³-hybridized carbons (Fsp3) is 0.353. The van der Waals surface area contributed by atoms with Gasteiger partial charge in [0, 0.05) is 43.7 Å². The SMILES string of the molecule is CCNC(=NCc1ccnc(OC)c1)NCCc1ccccn1.I. The van der Waals surface area contributed by atoms with Crippen molar-refractivity contribution < 1.29 is 4.74 Å². The molecule has 0 saturated heterocycles. The van der Waals surface area contributed by atoms with Crippen molar-refractivity contribution in [2.75, 3.05) is 20.2 Å². The first-order chi connectivity index (χ1) is 11.3. The molecule has 0 bridgehead atoms. The zero-order valence-corrected chi connectivity index (χ0v) is 16.4. The molecule has 0 aliphatic rings. The monoisotopic (exact) mass is 441 g/mol. The maximum absolute atomic E-state index is 5.13. The fourth-order valence-corrected chi connectivity index (χ4v) is 2.03. The van der Waals surface area contributed by atoms with Crippen LogP contribution < -0.4 is 15.4 Å². The third-order valence-electron chi connectivity index (χ3n) is 3.17. The molecule has 2 heterocycles. The molecule has 6 nitrogen and oxygen atoms in total. The van der Waals surface area contributed by atoms with Crippen molar-refractivity contribution in [2.45, 2.75) is 19.9 Å². The average Bonchev–Trinajstić information content (AvgIpc) is 2.61. The first-order valence-electron chi connectivity index (χ1n) is 7.73. The summed E-state index contributed by atoms with van der Waals surface area (Å²) in [6.45, 7) is 4.21. The molecule has 0 aliphatic carbocycles. The van der Waals surface area contributed by atoms with Crippen molar-refractivity contribution in [1.29, 1.82) is 0 Å². The predicted octanol–water partition coefficient (Wildman–Crippen LogP) is 2.40. The van der Waals surface area contributed by atoms with E-state index in [0.717, 1.165) is 36.7 Å². The molecule has 0 amide bonds. The molecule has 7 heteroatoms. The van der Waals surface area contributed by atoms with Gasteiger partial charge >= 0.3 is 0 Å². The van der Waals surface area contributed by atoms with Gasteiger partial charge in [-0.1, -0.05) is 6.07 Å². The molecule has 0 saturated carbocycles. The van der Waals surface area contributed by atoms with Crippen molar-refractivity contribution in [3.8, 4) is 5.88 Å². The molecule has 0 aliphatic heterocycles. The molecule has 0 aromatic carbocycles. The summed E-state index contributed by atoms with van der Waals surface area (Å²) in [6.07, 6.45) is 4.39. The number of hydrogen-bond acceptors (Lipinski definition) is 4. The number of guanidine groups is 1. The molecule has 24 heavy (non-hydrogen) atoms. The maximum atomic E-state index is 5.13. The summed E-state index contributed by atoms with van der Waals surface area (Å²) in [5.74, 6) is 1.39. The number of pyridine rings is 2. The smallest absolute Gasteiger partial charge is 0.213 e. The lowest BCUT2D eigenvalue weighted by atomic mass is 10.2. The Hall–Kier alpha value is -1.90. The van der Waals surface area contributed by atoms with Gasteiger partial charge < -0.3 is 15.4 Å². The predicted molar refractivity (Wildman–Crippen MR) is 107 cm³/mol. The Bertz CT molecular complexity index is 621. The number of halogens is 1. The van der Waals surface area contributed by atoms with Crippen LogP contribution in [0.3, 0.4) is 0 Å². The number of aromatic nitrogens is 2. The van der Waals surface area contributed by atoms with E-state index in [1.165, 1.54) is 0 Å². The highest BCUT2D eigenvalue weighted by atomic mass is 127. The summed E-state index contributed by atoms with van der Waals surface area (Å²) in [6, 6.07) is 9.77. The number of methoxy groups -OCH3 is 1. The van der Waals surface area contributed by atoms with Crippen LogP contribution in [0.4, 0.5) is 0 Å². The van der Waals surface area contributed by atoms with E-state index in [-0.39, 0.29) is 24.0 Å². The maximum Gasteiger partial charge on any atom is 0.213 e. The van der Waals surface area contributed by atoms with E-state index in [1.807, 2.05) is 43.5 Å². The highest BCUT2D eigenvalue weighted by Gasteiger charge is 2.00. The summed E-state index contributed by atoms with van der Waals surface area (Å²) < 4.78 is 5.13. The lowest BCUT2D eigenvalue weighted by Gasteiger charge is -2.11. The van der Waals surface area contributed by atoms with Gasteiger partial charge in [-0.05, 0) is 30.7 Å². The number of ether oxygens (including phenoxy) is 1. The molecular formula is C17H24IN5O. The second-order valence-electron chi connectivity index (χ2n) is 4.90. The molecule has 0 fully saturated rings. The van der Waals surface area contributed by atoms with Gasteiger partial charge in [0.05, 0.1) is 13.7 Å². The van der Waals surface area contributed by atoms with E-state index in [4.69, 9.17) is 4.74 Å². The van der Waals surface area contributed by atoms with Gasteiger partial charge in [-0.2, -0.15) is 0 Å². The van der Waals surface area contributed by atoms with Crippen LogP contribution in [0.25, 0.3) is 0 Å². The summed E-state index contributed by atoms with van der Waals surface area (Å²) >= 11 is 0. The van der Waals surface area contributed by atoms with E-state index in [0.29, 0.717) is 12.4 Å². The number of aliphatic imine (C=N–C) groups is 1. The van der Waals surface area contributed by atoms with E-state index >= 15 is 0 Å². The van der Waals surface area contributed by atoms with Crippen LogP contribution >= 0.6 is 24.0 Å². The van der Waals surface area contributed by atoms with Crippen molar-refractivity contribution >= 4 is 29.9 Å². The van der Waals surface area contributed by atoms with Gasteiger partial charge in [0.25, 0.3) is 0 Å². The highest BCUT2D eigenvalue weighted by molar-refractivity contribution is 14.0. The molecule has 2 aromatic heterocycles. The van der Waals surface area contributed by atoms with Crippen molar-refractivity contribution in [3.63, 3.8) is 0 Å². The number of hydrogen-bond donors (Lipinski definition) is 2. The van der Waals surface area contributed by atoms with Crippen LogP contribution in [0.1, 0.15) is 18.2 Å². The zero-order chi connectivity index (χ0) is 16.3. The third kappa shape index (κ3) is 7.12. The van der Waals surface area contributed by atoms with Crippen molar-refractivity contribution in [1.82, 2.24) is 20.6 Å². The first kappa shape index (κ1) is 20.1. The molecule has 2 rings (SSSR count). The summed E-state index contributed by atoms with van der Waals surface area (Å²) in [5, 5.41) is 6.56. The Labute approximate surface area is 160 Å². The first-order valence-corrected chi connectivity index (χ1v) is 7.73. The summed E-state index contributed by atoms with van der Waals surface area (Å²) in [4.78, 5) is 13.0. The Morgan fingerprint density at radius 2 is 2.04 bits per heavy atom. The summed E-state index contributed by atoms with van der Waals surface area (Å²) in [7, 11) is 1.61. The van der Waals surface area contributed by atoms with E-state index < -0.39 is 0 Å². The van der Waals surface area contributed by atoms with Gasteiger partial charge in [-0.25, -0.2) is 9.98 Å². The Kier molecular flexibility index (Phi) is 9.74. The van der Waals surface area contributed by atoms with E-state index in [1.54, 1.807) is 13.3 Å². The molecule has 0 spiro atoms. The van der Waals surface area contributed by atoms with Gasteiger partial charge in [0.2, 0.25) is 5.88 Å². The van der Waals surface area contributed by atoms with Gasteiger partial charge in [0.1, 0.15) is 0 Å². The normalized spacial score (nSPS) is 10.7. The lowest BCUT2D eigenvalue weighted by Crippen LogP contribution is -2.38. The molecule has 2 aromatic rings. The van der Waals surface area contributed by atoms with E-state index in [9.17, 15) is 0 Å². The molecule has 0 atom stereocenters. The van der Waals surface area contributed by atoms with Gasteiger partial charge in [-0.15, -0.1) is 24.0 Å². The second-order valence-corrected chi connectivity index (χ2v) is 4.90. The minimum Gasteiger partial charge on any atom is -0.481 e. The van der Waals surface area contributed by atoms with Gasteiger partial charge in [-0.3, -0.25) is 4.98 Å². The van der Waals surface area contributed by atoms with Crippen LogP contribution in [0.5, 0.6) is 5.88 Å². The van der Waals surface area contributed by atoms with Crippen LogP contribution in [-0.2, 0) is 13.0 Å². The molecule has 0 radical (unpaired) electrons. The van der Waals surface area contributed by atoms with Crippen LogP contribution in [0.2, 0.25) is 0 Å². The lowest BCUT2D eigenvalue weighted by molar-refractivity contribution is 0.397. The zero-order valence-electron chi connectivity index (χ0n) is 14.0. The largest absolute Gasteiger partial charge is 0.481 e. The third-order valence-corrected chi connectivity index (χ3v) is 3.17. The van der Waals surface area contributed by atoms with Crippen LogP contribution in [-0.4, -0.2) is 36.1 Å². The quantitative estimate of drug-likeness (QED) is 0.393. The Balaban J connectivity index is 0.00000288. The topological polar surface area (TPSA) is 71.4 Å². The fourth-order valence-electron chi connectivity index (χ4n) is 2.03. The van der Waals surface area contributed by atoms with E-state index in [2.05, 4.69) is 25.6 Å². The second kappa shape index (κ2) is 11.6. The Morgan fingerprint density at radius 1 is 1.17 bits per heavy atom. The number of rotatable bonds is 7. The number of nitrogens with zero attached hydrogens (tertiary/aromatic N) is 3. The Morgan fingerprint density at radius 3 is 2.75 bits per heavy atom. The average molecular weight is 441 g/mol. The molecular weight excluding hydrogens is 417 g/mol. The van der Waals surface area contributed by atoms with Crippen LogP contribution in [0.15, 0.2) is 47.7 Å². The molecule has 0 unspecified atom stereocenters. The number of nitrogens with one attached hydrogen (secondary N) is 2. The van der Waals surface area contributed by atoms with Crippen molar-refractivity contribution in [3.05, 3.63) is 54.0 Å². The van der Waals surface area contributed by atoms with Crippen molar-refractivity contribution in [2.24, 2.45) is 4.99 Å². The molecule has 130 valence electrons. The van der Waals surface area contributed by atoms with Crippen LogP contribution in [0, 0.1) is 0 Å². The molecule has 2 N–H and O–H groups in total. The standard InChI is InChI=1S/C17H23N5O.HI/c1-3-18-17(21-11-8-15-6-4-5-9-19-15)22-13-14-7-10-20-16(12-14)23-2;/h4-7,9-10,12H,3,8,11,13H2,1-2H3,(H2,18,21,22);1H. The summed E-state index contributed by atoms with van der Waals surface area (Å²) in [5.41, 5.74) is 2.12. The minimum absolute atomic E-state index is 0. The minimum atomic E-state index is 0. The highest BCUT2D eigenvalue weighted by Crippen LogP contribution is 2.09. The van der Waals surface area contributed by atoms with Gasteiger partial charge in [0.15, 0.2) is 5.96 Å².